The predicted molar refractivity (Wildman–Crippen MR) is 123 cm³/mol. The molecule has 0 radical (unpaired) electrons. The Morgan fingerprint density at radius 1 is 1.21 bits per heavy atom. The van der Waals surface area contributed by atoms with E-state index < -0.39 is 0 Å². The summed E-state index contributed by atoms with van der Waals surface area (Å²) in [7, 11) is 0. The first-order chi connectivity index (χ1) is 12.9. The van der Waals surface area contributed by atoms with Crippen LogP contribution in [0.5, 0.6) is 0 Å². The lowest BCUT2D eigenvalue weighted by Gasteiger charge is -2.30. The molecule has 1 fully saturated rings. The molecule has 1 saturated carbocycles. The van der Waals surface area contributed by atoms with Gasteiger partial charge in [0.2, 0.25) is 5.89 Å². The fraction of sp³-hybridized carbons (Fsp3) is 0.850. The van der Waals surface area contributed by atoms with Crippen molar-refractivity contribution in [3.63, 3.8) is 0 Å². The summed E-state index contributed by atoms with van der Waals surface area (Å²) in [6.45, 7) is 14.1. The molecule has 2 rings (SSSR count). The number of guanidine groups is 1. The average molecular weight is 507 g/mol. The Balaban J connectivity index is 0.00000392. The van der Waals surface area contributed by atoms with Gasteiger partial charge in [-0.2, -0.15) is 4.98 Å². The first-order valence-corrected chi connectivity index (χ1v) is 10.3. The molecule has 0 bridgehead atoms. The van der Waals surface area contributed by atoms with Crippen LogP contribution < -0.4 is 10.6 Å². The molecule has 1 aromatic heterocycles. The van der Waals surface area contributed by atoms with Gasteiger partial charge in [0, 0.05) is 31.7 Å². The van der Waals surface area contributed by atoms with Crippen molar-refractivity contribution in [2.45, 2.75) is 78.7 Å². The van der Waals surface area contributed by atoms with Crippen LogP contribution in [0, 0.1) is 5.41 Å². The molecule has 162 valence electrons. The van der Waals surface area contributed by atoms with Gasteiger partial charge in [0.25, 0.3) is 0 Å². The van der Waals surface area contributed by atoms with Crippen molar-refractivity contribution in [1.82, 2.24) is 20.8 Å². The summed E-state index contributed by atoms with van der Waals surface area (Å²) in [6.07, 6.45) is 6.23. The predicted octanol–water partition coefficient (Wildman–Crippen LogP) is 4.03. The van der Waals surface area contributed by atoms with E-state index in [2.05, 4.69) is 60.4 Å². The van der Waals surface area contributed by atoms with Crippen LogP contribution >= 0.6 is 24.0 Å². The largest absolute Gasteiger partial charge is 0.382 e. The molecule has 0 saturated heterocycles. The second-order valence-electron chi connectivity index (χ2n) is 8.47. The van der Waals surface area contributed by atoms with E-state index >= 15 is 0 Å². The average Bonchev–Trinajstić information content (AvgIpc) is 3.27. The van der Waals surface area contributed by atoms with E-state index in [0.29, 0.717) is 23.7 Å². The maximum absolute atomic E-state index is 5.61. The van der Waals surface area contributed by atoms with E-state index in [9.17, 15) is 0 Å². The van der Waals surface area contributed by atoms with E-state index in [0.717, 1.165) is 38.7 Å². The number of ether oxygens (including phenoxy) is 1. The molecule has 0 aromatic carbocycles. The van der Waals surface area contributed by atoms with Crippen LogP contribution in [0.15, 0.2) is 9.52 Å². The summed E-state index contributed by atoms with van der Waals surface area (Å²) in [5.41, 5.74) is 0.171. The van der Waals surface area contributed by atoms with E-state index in [-0.39, 0.29) is 29.4 Å². The van der Waals surface area contributed by atoms with Crippen LogP contribution in [0.25, 0.3) is 0 Å². The number of nitrogens with zero attached hydrogens (tertiary/aromatic N) is 3. The number of aromatic nitrogens is 2. The molecule has 7 nitrogen and oxygen atoms in total. The lowest BCUT2D eigenvalue weighted by atomic mass is 9.83. The third kappa shape index (κ3) is 7.85. The summed E-state index contributed by atoms with van der Waals surface area (Å²) >= 11 is 0. The van der Waals surface area contributed by atoms with Crippen LogP contribution in [0.2, 0.25) is 0 Å². The van der Waals surface area contributed by atoms with Crippen LogP contribution in [0.3, 0.4) is 0 Å². The zero-order valence-electron chi connectivity index (χ0n) is 18.1. The van der Waals surface area contributed by atoms with Crippen molar-refractivity contribution in [3.8, 4) is 0 Å². The molecule has 0 spiro atoms. The van der Waals surface area contributed by atoms with Crippen LogP contribution in [0.1, 0.15) is 78.4 Å². The third-order valence-corrected chi connectivity index (χ3v) is 5.11. The van der Waals surface area contributed by atoms with E-state index in [4.69, 9.17) is 9.26 Å². The van der Waals surface area contributed by atoms with Gasteiger partial charge in [-0.1, -0.05) is 38.8 Å². The van der Waals surface area contributed by atoms with Crippen LogP contribution in [0.4, 0.5) is 0 Å². The molecule has 1 heterocycles. The van der Waals surface area contributed by atoms with Gasteiger partial charge in [-0.05, 0) is 38.5 Å². The minimum absolute atomic E-state index is 0. The van der Waals surface area contributed by atoms with Crippen molar-refractivity contribution in [1.29, 1.82) is 0 Å². The molecule has 0 atom stereocenters. The second kappa shape index (κ2) is 11.9. The van der Waals surface area contributed by atoms with Crippen molar-refractivity contribution >= 4 is 29.9 Å². The fourth-order valence-electron chi connectivity index (χ4n) is 3.46. The highest BCUT2D eigenvalue weighted by atomic mass is 127. The molecular formula is C20H38IN5O2. The number of nitrogens with one attached hydrogen (secondary N) is 2. The van der Waals surface area contributed by atoms with Gasteiger partial charge in [0.05, 0.1) is 0 Å². The van der Waals surface area contributed by atoms with Crippen molar-refractivity contribution in [2.24, 2.45) is 10.4 Å². The molecule has 28 heavy (non-hydrogen) atoms. The Labute approximate surface area is 186 Å². The lowest BCUT2D eigenvalue weighted by molar-refractivity contribution is 0.105. The van der Waals surface area contributed by atoms with Crippen molar-refractivity contribution in [2.75, 3.05) is 26.3 Å². The highest BCUT2D eigenvalue weighted by Crippen LogP contribution is 2.40. The summed E-state index contributed by atoms with van der Waals surface area (Å²) in [5.74, 6) is 2.07. The molecule has 1 aliphatic rings. The maximum atomic E-state index is 5.61. The van der Waals surface area contributed by atoms with Crippen LogP contribution in [-0.2, 0) is 16.7 Å². The standard InChI is InChI=1S/C20H37N5O2.HI/c1-6-21-18(22-14-16-24-17(27-25-16)19(3,4)5)23-15-20(10-8-9-11-20)12-13-26-7-2;/h6-15H2,1-5H3,(H2,21,22,23);1H. The van der Waals surface area contributed by atoms with Gasteiger partial charge < -0.3 is 19.9 Å². The molecular weight excluding hydrogens is 469 g/mol. The molecule has 0 unspecified atom stereocenters. The lowest BCUT2D eigenvalue weighted by Crippen LogP contribution is -2.43. The van der Waals surface area contributed by atoms with E-state index in [1.165, 1.54) is 25.7 Å². The summed E-state index contributed by atoms with van der Waals surface area (Å²) in [6, 6.07) is 0. The monoisotopic (exact) mass is 507 g/mol. The van der Waals surface area contributed by atoms with Gasteiger partial charge in [-0.15, -0.1) is 24.0 Å². The fourth-order valence-corrected chi connectivity index (χ4v) is 3.46. The number of hydrogen-bond donors (Lipinski definition) is 2. The first kappa shape index (κ1) is 25.1. The molecule has 1 aliphatic carbocycles. The van der Waals surface area contributed by atoms with Crippen molar-refractivity contribution < 1.29 is 9.26 Å². The zero-order valence-corrected chi connectivity index (χ0v) is 20.5. The quantitative estimate of drug-likeness (QED) is 0.227. The van der Waals surface area contributed by atoms with Gasteiger partial charge in [0.1, 0.15) is 6.54 Å². The molecule has 1 aromatic rings. The maximum Gasteiger partial charge on any atom is 0.232 e. The minimum Gasteiger partial charge on any atom is -0.382 e. The van der Waals surface area contributed by atoms with Gasteiger partial charge in [-0.3, -0.25) is 0 Å². The SMILES string of the molecule is CCNC(=NCc1noc(C(C)(C)C)n1)NCC1(CCOCC)CCCC1.I. The number of hydrogen-bond acceptors (Lipinski definition) is 5. The molecule has 0 aliphatic heterocycles. The first-order valence-electron chi connectivity index (χ1n) is 10.3. The van der Waals surface area contributed by atoms with Gasteiger partial charge in [-0.25, -0.2) is 4.99 Å². The Bertz CT molecular complexity index is 592. The Kier molecular flexibility index (Phi) is 10.7. The summed E-state index contributed by atoms with van der Waals surface area (Å²) < 4.78 is 11.0. The Morgan fingerprint density at radius 2 is 1.93 bits per heavy atom. The number of rotatable bonds is 9. The molecule has 2 N–H and O–H groups in total. The van der Waals surface area contributed by atoms with Gasteiger partial charge >= 0.3 is 0 Å². The number of aliphatic imine (C=N–C) groups is 1. The number of halogens is 1. The highest BCUT2D eigenvalue weighted by molar-refractivity contribution is 14.0. The topological polar surface area (TPSA) is 84.6 Å². The van der Waals surface area contributed by atoms with Crippen molar-refractivity contribution in [3.05, 3.63) is 11.7 Å². The van der Waals surface area contributed by atoms with E-state index in [1.54, 1.807) is 0 Å². The third-order valence-electron chi connectivity index (χ3n) is 5.11. The molecule has 0 amide bonds. The van der Waals surface area contributed by atoms with Gasteiger partial charge in [0.15, 0.2) is 11.8 Å². The zero-order chi connectivity index (χ0) is 19.8. The Morgan fingerprint density at radius 3 is 2.50 bits per heavy atom. The van der Waals surface area contributed by atoms with E-state index in [1.807, 2.05) is 0 Å². The summed E-state index contributed by atoms with van der Waals surface area (Å²) in [5, 5.41) is 10.9. The Hall–Kier alpha value is -0.900. The smallest absolute Gasteiger partial charge is 0.232 e. The summed E-state index contributed by atoms with van der Waals surface area (Å²) in [4.78, 5) is 9.10. The highest BCUT2D eigenvalue weighted by Gasteiger charge is 2.33. The molecule has 8 heteroatoms. The minimum atomic E-state index is -0.146. The van der Waals surface area contributed by atoms with Crippen LogP contribution in [-0.4, -0.2) is 42.4 Å². The normalized spacial score (nSPS) is 16.7. The second-order valence-corrected chi connectivity index (χ2v) is 8.47.